The summed E-state index contributed by atoms with van der Waals surface area (Å²) in [5.41, 5.74) is 8.01. The molecule has 2 aliphatic heterocycles. The number of anilines is 3. The molecule has 2 aliphatic rings. The molecule has 4 N–H and O–H groups in total. The highest BCUT2D eigenvalue weighted by molar-refractivity contribution is 5.97. The molecule has 1 unspecified atom stereocenters. The number of carbonyl (C=O) groups excluding carboxylic acids is 1. The third-order valence-corrected chi connectivity index (χ3v) is 3.51. The lowest BCUT2D eigenvalue weighted by Gasteiger charge is -2.37. The monoisotopic (exact) mass is 279 g/mol. The average Bonchev–Trinajstić information content (AvgIpc) is 2.47. The number of nitrogen functional groups attached to an aromatic ring is 1. The molecule has 3 rings (SSSR count). The number of aliphatic hydroxyl groups excluding tert-OH is 1. The van der Waals surface area contributed by atoms with Crippen molar-refractivity contribution in [3.63, 3.8) is 0 Å². The van der Waals surface area contributed by atoms with Gasteiger partial charge in [-0.15, -0.1) is 0 Å². The molecule has 0 spiro atoms. The molecule has 7 nitrogen and oxygen atoms in total. The normalized spacial score (nSPS) is 21.9. The number of nitrogens with two attached hydrogens (primary N) is 1. The zero-order valence-corrected chi connectivity index (χ0v) is 11.0. The molecule has 0 aromatic heterocycles. The fourth-order valence-electron chi connectivity index (χ4n) is 2.50. The van der Waals surface area contributed by atoms with Gasteiger partial charge in [0.2, 0.25) is 0 Å². The number of carbonyl (C=O) groups is 1. The summed E-state index contributed by atoms with van der Waals surface area (Å²) in [6, 6.07) is 3.35. The number of ether oxygens (including phenoxy) is 2. The first kappa shape index (κ1) is 13.0. The van der Waals surface area contributed by atoms with Gasteiger partial charge in [0.15, 0.2) is 6.61 Å². The van der Waals surface area contributed by atoms with E-state index in [0.29, 0.717) is 36.9 Å². The van der Waals surface area contributed by atoms with Gasteiger partial charge in [-0.1, -0.05) is 0 Å². The molecule has 7 heteroatoms. The molecule has 0 radical (unpaired) electrons. The molecule has 0 aliphatic carbocycles. The van der Waals surface area contributed by atoms with Crippen molar-refractivity contribution in [3.05, 3.63) is 12.1 Å². The highest BCUT2D eigenvalue weighted by Crippen LogP contribution is 2.38. The fourth-order valence-corrected chi connectivity index (χ4v) is 2.50. The van der Waals surface area contributed by atoms with Crippen LogP contribution in [0, 0.1) is 0 Å². The van der Waals surface area contributed by atoms with Crippen LogP contribution in [0.1, 0.15) is 0 Å². The minimum absolute atomic E-state index is 0.00259. The van der Waals surface area contributed by atoms with Crippen molar-refractivity contribution >= 4 is 23.0 Å². The topological polar surface area (TPSA) is 97.0 Å². The Kier molecular flexibility index (Phi) is 3.37. The van der Waals surface area contributed by atoms with Gasteiger partial charge in [-0.2, -0.15) is 0 Å². The lowest BCUT2D eigenvalue weighted by molar-refractivity contribution is -0.118. The Morgan fingerprint density at radius 2 is 2.35 bits per heavy atom. The molecule has 1 aromatic carbocycles. The lowest BCUT2D eigenvalue weighted by Crippen LogP contribution is -2.48. The maximum atomic E-state index is 11.4. The van der Waals surface area contributed by atoms with Crippen LogP contribution in [0.25, 0.3) is 0 Å². The molecule has 0 bridgehead atoms. The van der Waals surface area contributed by atoms with Crippen molar-refractivity contribution in [2.75, 3.05) is 48.9 Å². The maximum absolute atomic E-state index is 11.4. The Bertz CT molecular complexity index is 535. The van der Waals surface area contributed by atoms with Crippen molar-refractivity contribution in [1.29, 1.82) is 0 Å². The summed E-state index contributed by atoms with van der Waals surface area (Å²) >= 11 is 0. The van der Waals surface area contributed by atoms with Gasteiger partial charge >= 0.3 is 0 Å². The highest BCUT2D eigenvalue weighted by Gasteiger charge is 2.26. The van der Waals surface area contributed by atoms with Crippen LogP contribution in [0.3, 0.4) is 0 Å². The molecule has 2 heterocycles. The zero-order chi connectivity index (χ0) is 14.1. The molecular weight excluding hydrogens is 262 g/mol. The minimum Gasteiger partial charge on any atom is -0.482 e. The maximum Gasteiger partial charge on any atom is 0.262 e. The molecule has 108 valence electrons. The summed E-state index contributed by atoms with van der Waals surface area (Å²) < 4.78 is 10.7. The van der Waals surface area contributed by atoms with Gasteiger partial charge < -0.3 is 30.5 Å². The van der Waals surface area contributed by atoms with E-state index < -0.39 is 0 Å². The van der Waals surface area contributed by atoms with Crippen LogP contribution in [-0.2, 0) is 9.53 Å². The van der Waals surface area contributed by atoms with E-state index in [2.05, 4.69) is 5.32 Å². The first-order valence-corrected chi connectivity index (χ1v) is 6.50. The Morgan fingerprint density at radius 3 is 3.15 bits per heavy atom. The van der Waals surface area contributed by atoms with E-state index in [1.807, 2.05) is 4.90 Å². The molecule has 1 saturated heterocycles. The van der Waals surface area contributed by atoms with Crippen molar-refractivity contribution < 1.29 is 19.4 Å². The second-order valence-corrected chi connectivity index (χ2v) is 4.85. The first-order chi connectivity index (χ1) is 9.69. The van der Waals surface area contributed by atoms with Crippen molar-refractivity contribution in [1.82, 2.24) is 0 Å². The Balaban J connectivity index is 1.96. The van der Waals surface area contributed by atoms with Gasteiger partial charge in [0.25, 0.3) is 5.91 Å². The predicted octanol–water partition coefficient (Wildman–Crippen LogP) is -0.203. The van der Waals surface area contributed by atoms with Crippen molar-refractivity contribution in [2.24, 2.45) is 0 Å². The number of rotatable bonds is 2. The molecule has 1 fully saturated rings. The van der Waals surface area contributed by atoms with Crippen molar-refractivity contribution in [2.45, 2.75) is 6.04 Å². The van der Waals surface area contributed by atoms with E-state index >= 15 is 0 Å². The largest absolute Gasteiger partial charge is 0.482 e. The summed E-state index contributed by atoms with van der Waals surface area (Å²) in [5, 5.41) is 12.2. The number of aliphatic hydroxyl groups is 1. The summed E-state index contributed by atoms with van der Waals surface area (Å²) in [7, 11) is 0. The van der Waals surface area contributed by atoms with Gasteiger partial charge in [-0.25, -0.2) is 0 Å². The first-order valence-electron chi connectivity index (χ1n) is 6.50. The van der Waals surface area contributed by atoms with E-state index in [0.717, 1.165) is 5.69 Å². The summed E-state index contributed by atoms with van der Waals surface area (Å²) in [6.07, 6.45) is 0. The van der Waals surface area contributed by atoms with Crippen LogP contribution in [0.5, 0.6) is 5.75 Å². The number of fused-ring (bicyclic) bond motifs is 1. The van der Waals surface area contributed by atoms with Crippen LogP contribution in [-0.4, -0.2) is 50.0 Å². The predicted molar refractivity (Wildman–Crippen MR) is 74.0 cm³/mol. The van der Waals surface area contributed by atoms with Crippen LogP contribution in [0.15, 0.2) is 12.1 Å². The van der Waals surface area contributed by atoms with Gasteiger partial charge in [0, 0.05) is 12.6 Å². The number of hydrogen-bond donors (Lipinski definition) is 3. The van der Waals surface area contributed by atoms with Gasteiger partial charge in [0.1, 0.15) is 5.75 Å². The zero-order valence-electron chi connectivity index (χ0n) is 11.0. The summed E-state index contributed by atoms with van der Waals surface area (Å²) in [4.78, 5) is 13.4. The SMILES string of the molecule is Nc1cc2c(cc1N1CCOCC1CO)NC(=O)CO2. The van der Waals surface area contributed by atoms with E-state index in [1.54, 1.807) is 12.1 Å². The molecule has 20 heavy (non-hydrogen) atoms. The van der Waals surface area contributed by atoms with E-state index in [4.69, 9.17) is 15.2 Å². The summed E-state index contributed by atoms with van der Waals surface area (Å²) in [5.74, 6) is 0.383. The smallest absolute Gasteiger partial charge is 0.262 e. The third kappa shape index (κ3) is 2.25. The van der Waals surface area contributed by atoms with Gasteiger partial charge in [-0.05, 0) is 6.07 Å². The van der Waals surface area contributed by atoms with Crippen LogP contribution < -0.4 is 20.7 Å². The van der Waals surface area contributed by atoms with Gasteiger partial charge in [-0.3, -0.25) is 4.79 Å². The third-order valence-electron chi connectivity index (χ3n) is 3.51. The molecule has 1 amide bonds. The molecule has 0 saturated carbocycles. The second-order valence-electron chi connectivity index (χ2n) is 4.85. The summed E-state index contributed by atoms with van der Waals surface area (Å²) in [6.45, 7) is 1.66. The fraction of sp³-hybridized carbons (Fsp3) is 0.462. The molecule has 1 aromatic rings. The van der Waals surface area contributed by atoms with Crippen molar-refractivity contribution in [3.8, 4) is 5.75 Å². The van der Waals surface area contributed by atoms with Crippen LogP contribution in [0.4, 0.5) is 17.1 Å². The van der Waals surface area contributed by atoms with Crippen LogP contribution >= 0.6 is 0 Å². The standard InChI is InChI=1S/C13H17N3O4/c14-9-3-12-10(15-13(18)7-20-12)4-11(9)16-1-2-19-6-8(16)5-17/h3-4,8,17H,1-2,5-7,14H2,(H,15,18). The average molecular weight is 279 g/mol. The van der Waals surface area contributed by atoms with E-state index in [-0.39, 0.29) is 25.2 Å². The van der Waals surface area contributed by atoms with Crippen LogP contribution in [0.2, 0.25) is 0 Å². The minimum atomic E-state index is -0.186. The molecular formula is C13H17N3O4. The lowest BCUT2D eigenvalue weighted by atomic mass is 10.1. The number of benzene rings is 1. The quantitative estimate of drug-likeness (QED) is 0.649. The second kappa shape index (κ2) is 5.18. The number of amides is 1. The van der Waals surface area contributed by atoms with E-state index in [9.17, 15) is 9.90 Å². The molecule has 1 atom stereocenters. The number of nitrogens with one attached hydrogen (secondary N) is 1. The highest BCUT2D eigenvalue weighted by atomic mass is 16.5. The number of hydrogen-bond acceptors (Lipinski definition) is 6. The number of morpholine rings is 1. The Morgan fingerprint density at radius 1 is 1.50 bits per heavy atom. The van der Waals surface area contributed by atoms with E-state index in [1.165, 1.54) is 0 Å². The number of nitrogens with zero attached hydrogens (tertiary/aromatic N) is 1. The Labute approximate surface area is 116 Å². The van der Waals surface area contributed by atoms with Gasteiger partial charge in [0.05, 0.1) is 42.9 Å². The Hall–Kier alpha value is -1.99.